The van der Waals surface area contributed by atoms with Crippen molar-refractivity contribution in [2.75, 3.05) is 10.6 Å². The highest BCUT2D eigenvalue weighted by Gasteiger charge is 2.20. The number of aromatic nitrogens is 2. The maximum atomic E-state index is 12.8. The molecule has 1 atom stereocenters. The number of aryl methyl sites for hydroxylation is 1. The van der Waals surface area contributed by atoms with Crippen LogP contribution in [0.25, 0.3) is 11.3 Å². The van der Waals surface area contributed by atoms with Crippen molar-refractivity contribution in [1.82, 2.24) is 9.97 Å². The van der Waals surface area contributed by atoms with Crippen LogP contribution in [0.5, 0.6) is 0 Å². The smallest absolute Gasteiger partial charge is 0.237 e. The Bertz CT molecular complexity index is 1020. The Balaban J connectivity index is 1.71. The summed E-state index contributed by atoms with van der Waals surface area (Å²) >= 11 is 1.43. The predicted molar refractivity (Wildman–Crippen MR) is 122 cm³/mol. The molecular formula is C23H24N4O2S. The lowest BCUT2D eigenvalue weighted by Gasteiger charge is -2.15. The lowest BCUT2D eigenvalue weighted by molar-refractivity contribution is -0.116. The summed E-state index contributed by atoms with van der Waals surface area (Å²) < 4.78 is 0. The molecule has 0 saturated heterocycles. The molecule has 0 radical (unpaired) electrons. The summed E-state index contributed by atoms with van der Waals surface area (Å²) in [5, 5.41) is 6.12. The summed E-state index contributed by atoms with van der Waals surface area (Å²) in [6.07, 6.45) is 0.657. The molecule has 0 saturated carbocycles. The van der Waals surface area contributed by atoms with Crippen LogP contribution in [0.4, 0.5) is 11.4 Å². The lowest BCUT2D eigenvalue weighted by atomic mass is 10.1. The van der Waals surface area contributed by atoms with Gasteiger partial charge in [0.1, 0.15) is 10.9 Å². The van der Waals surface area contributed by atoms with E-state index in [0.717, 1.165) is 16.3 Å². The van der Waals surface area contributed by atoms with Gasteiger partial charge in [0.15, 0.2) is 0 Å². The first-order chi connectivity index (χ1) is 14.4. The zero-order valence-corrected chi connectivity index (χ0v) is 18.0. The highest BCUT2D eigenvalue weighted by molar-refractivity contribution is 8.00. The fourth-order valence-electron chi connectivity index (χ4n) is 2.89. The van der Waals surface area contributed by atoms with Gasteiger partial charge in [-0.15, -0.1) is 0 Å². The quantitative estimate of drug-likeness (QED) is 0.419. The summed E-state index contributed by atoms with van der Waals surface area (Å²) in [5.74, 6) is 0.444. The molecule has 1 heterocycles. The summed E-state index contributed by atoms with van der Waals surface area (Å²) in [6, 6.07) is 18.9. The third-order valence-corrected chi connectivity index (χ3v) is 5.57. The lowest BCUT2D eigenvalue weighted by Crippen LogP contribution is -2.24. The average Bonchev–Trinajstić information content (AvgIpc) is 2.73. The molecule has 0 spiro atoms. The van der Waals surface area contributed by atoms with Crippen LogP contribution in [0.1, 0.15) is 26.1 Å². The van der Waals surface area contributed by atoms with E-state index in [1.165, 1.54) is 18.7 Å². The standard InChI is InChI=1S/C23H24N4O2S/c1-4-21(23(29)27-19-12-10-18(11-13-19)26-16(3)28)30-22-14-20(24-15(2)25-22)17-8-6-5-7-9-17/h5-14,21H,4H2,1-3H3,(H,26,28)(H,27,29). The number of nitrogens with zero attached hydrogens (tertiary/aromatic N) is 2. The molecule has 30 heavy (non-hydrogen) atoms. The minimum Gasteiger partial charge on any atom is -0.326 e. The zero-order valence-electron chi connectivity index (χ0n) is 17.2. The monoisotopic (exact) mass is 420 g/mol. The minimum atomic E-state index is -0.294. The average molecular weight is 421 g/mol. The van der Waals surface area contributed by atoms with Crippen LogP contribution in [0.2, 0.25) is 0 Å². The van der Waals surface area contributed by atoms with Gasteiger partial charge >= 0.3 is 0 Å². The number of nitrogens with one attached hydrogen (secondary N) is 2. The molecule has 0 aliphatic carbocycles. The van der Waals surface area contributed by atoms with Crippen molar-refractivity contribution >= 4 is 35.0 Å². The van der Waals surface area contributed by atoms with Gasteiger partial charge < -0.3 is 10.6 Å². The topological polar surface area (TPSA) is 84.0 Å². The number of thioether (sulfide) groups is 1. The first-order valence-electron chi connectivity index (χ1n) is 9.71. The molecule has 3 aromatic rings. The van der Waals surface area contributed by atoms with E-state index in [1.54, 1.807) is 24.3 Å². The van der Waals surface area contributed by atoms with Crippen molar-refractivity contribution in [3.8, 4) is 11.3 Å². The Labute approximate surface area is 180 Å². The van der Waals surface area contributed by atoms with Crippen molar-refractivity contribution < 1.29 is 9.59 Å². The fraction of sp³-hybridized carbons (Fsp3) is 0.217. The molecule has 6 nitrogen and oxygen atoms in total. The van der Waals surface area contributed by atoms with Crippen molar-refractivity contribution in [1.29, 1.82) is 0 Å². The third kappa shape index (κ3) is 5.90. The summed E-state index contributed by atoms with van der Waals surface area (Å²) in [5.41, 5.74) is 3.22. The third-order valence-electron chi connectivity index (χ3n) is 4.28. The molecule has 7 heteroatoms. The van der Waals surface area contributed by atoms with E-state index in [0.29, 0.717) is 23.6 Å². The number of hydrogen-bond acceptors (Lipinski definition) is 5. The number of benzene rings is 2. The van der Waals surface area contributed by atoms with Crippen molar-refractivity contribution in [3.05, 3.63) is 66.5 Å². The minimum absolute atomic E-state index is 0.0905. The molecule has 2 N–H and O–H groups in total. The molecule has 1 unspecified atom stereocenters. The van der Waals surface area contributed by atoms with Gasteiger partial charge in [0.2, 0.25) is 11.8 Å². The van der Waals surface area contributed by atoms with Crippen LogP contribution in [0, 0.1) is 6.92 Å². The van der Waals surface area contributed by atoms with Crippen molar-refractivity contribution in [2.24, 2.45) is 0 Å². The van der Waals surface area contributed by atoms with E-state index in [1.807, 2.05) is 50.2 Å². The second-order valence-electron chi connectivity index (χ2n) is 6.77. The molecule has 0 aliphatic rings. The van der Waals surface area contributed by atoms with Crippen LogP contribution in [0.3, 0.4) is 0 Å². The first-order valence-corrected chi connectivity index (χ1v) is 10.6. The number of hydrogen-bond donors (Lipinski definition) is 2. The normalized spacial score (nSPS) is 11.6. The highest BCUT2D eigenvalue weighted by atomic mass is 32.2. The highest BCUT2D eigenvalue weighted by Crippen LogP contribution is 2.28. The molecule has 154 valence electrons. The molecule has 0 fully saturated rings. The number of amides is 2. The van der Waals surface area contributed by atoms with Gasteiger partial charge in [-0.1, -0.05) is 49.0 Å². The molecule has 2 amide bonds. The SMILES string of the molecule is CCC(Sc1cc(-c2ccccc2)nc(C)n1)C(=O)Nc1ccc(NC(C)=O)cc1. The maximum Gasteiger partial charge on any atom is 0.237 e. The number of carbonyl (C=O) groups is 2. The van der Waals surface area contributed by atoms with E-state index in [2.05, 4.69) is 20.6 Å². The Morgan fingerprint density at radius 3 is 2.20 bits per heavy atom. The van der Waals surface area contributed by atoms with Gasteiger partial charge in [0, 0.05) is 23.9 Å². The van der Waals surface area contributed by atoms with Crippen LogP contribution < -0.4 is 10.6 Å². The number of carbonyl (C=O) groups excluding carboxylic acids is 2. The Morgan fingerprint density at radius 2 is 1.60 bits per heavy atom. The Hall–Kier alpha value is -3.19. The van der Waals surface area contributed by atoms with E-state index in [4.69, 9.17) is 0 Å². The largest absolute Gasteiger partial charge is 0.326 e. The molecule has 0 bridgehead atoms. The second-order valence-corrected chi connectivity index (χ2v) is 7.99. The van der Waals surface area contributed by atoms with E-state index >= 15 is 0 Å². The molecule has 3 rings (SSSR count). The van der Waals surface area contributed by atoms with Gasteiger partial charge in [0.05, 0.1) is 10.9 Å². The van der Waals surface area contributed by atoms with Gasteiger partial charge in [-0.25, -0.2) is 9.97 Å². The number of rotatable bonds is 7. The predicted octanol–water partition coefficient (Wildman–Crippen LogP) is 4.92. The zero-order chi connectivity index (χ0) is 21.5. The molecular weight excluding hydrogens is 396 g/mol. The van der Waals surface area contributed by atoms with Crippen molar-refractivity contribution in [2.45, 2.75) is 37.5 Å². The van der Waals surface area contributed by atoms with Crippen LogP contribution in [0.15, 0.2) is 65.7 Å². The van der Waals surface area contributed by atoms with Gasteiger partial charge in [-0.2, -0.15) is 0 Å². The Morgan fingerprint density at radius 1 is 0.967 bits per heavy atom. The van der Waals surface area contributed by atoms with Crippen molar-refractivity contribution in [3.63, 3.8) is 0 Å². The first kappa shape index (κ1) is 21.5. The van der Waals surface area contributed by atoms with Gasteiger partial charge in [0.25, 0.3) is 0 Å². The van der Waals surface area contributed by atoms with E-state index in [-0.39, 0.29) is 17.1 Å². The summed E-state index contributed by atoms with van der Waals surface area (Å²) in [6.45, 7) is 5.29. The summed E-state index contributed by atoms with van der Waals surface area (Å²) in [7, 11) is 0. The Kier molecular flexibility index (Phi) is 7.19. The van der Waals surface area contributed by atoms with E-state index in [9.17, 15) is 9.59 Å². The van der Waals surface area contributed by atoms with Crippen LogP contribution in [-0.2, 0) is 9.59 Å². The molecule has 2 aromatic carbocycles. The van der Waals surface area contributed by atoms with E-state index < -0.39 is 0 Å². The van der Waals surface area contributed by atoms with Gasteiger partial charge in [-0.3, -0.25) is 9.59 Å². The second kappa shape index (κ2) is 10.0. The van der Waals surface area contributed by atoms with Crippen LogP contribution >= 0.6 is 11.8 Å². The molecule has 0 aliphatic heterocycles. The summed E-state index contributed by atoms with van der Waals surface area (Å²) in [4.78, 5) is 33.0. The van der Waals surface area contributed by atoms with Gasteiger partial charge in [-0.05, 0) is 43.7 Å². The fourth-order valence-corrected chi connectivity index (χ4v) is 3.88. The molecule has 1 aromatic heterocycles. The van der Waals surface area contributed by atoms with Crippen LogP contribution in [-0.4, -0.2) is 27.0 Å². The number of anilines is 2. The maximum absolute atomic E-state index is 12.8.